The molecule has 0 radical (unpaired) electrons. The van der Waals surface area contributed by atoms with Crippen LogP contribution in [0.2, 0.25) is 0 Å². The minimum Gasteiger partial charge on any atom is -0.385 e. The summed E-state index contributed by atoms with van der Waals surface area (Å²) >= 11 is 0. The molecule has 0 unspecified atom stereocenters. The number of hydrogen-bond acceptors (Lipinski definition) is 2. The molecule has 0 aromatic rings. The smallest absolute Gasteiger partial charge is 0.0923 e. The van der Waals surface area contributed by atoms with Gasteiger partial charge in [0.2, 0.25) is 0 Å². The molecule has 0 aromatic carbocycles. The molecule has 0 amide bonds. The summed E-state index contributed by atoms with van der Waals surface area (Å²) < 4.78 is 4.87. The molecule has 0 aromatic heterocycles. The zero-order valence-electron chi connectivity index (χ0n) is 6.98. The zero-order chi connectivity index (χ0) is 7.98. The summed E-state index contributed by atoms with van der Waals surface area (Å²) in [6.07, 6.45) is 0.989. The normalized spacial score (nSPS) is 9.50. The monoisotopic (exact) mass is 144 g/mol. The Hall–Kier alpha value is -0.570. The SMILES string of the molecule is COCCCN(C)C(C)=N. The first-order valence-corrected chi connectivity index (χ1v) is 3.43. The molecule has 3 nitrogen and oxygen atoms in total. The molecule has 0 aliphatic heterocycles. The topological polar surface area (TPSA) is 36.3 Å². The third-order valence-corrected chi connectivity index (χ3v) is 1.41. The molecule has 3 heteroatoms. The van der Waals surface area contributed by atoms with Gasteiger partial charge in [-0.05, 0) is 13.3 Å². The lowest BCUT2D eigenvalue weighted by Crippen LogP contribution is -2.24. The van der Waals surface area contributed by atoms with Gasteiger partial charge < -0.3 is 9.64 Å². The molecule has 0 bridgehead atoms. The van der Waals surface area contributed by atoms with E-state index in [1.807, 2.05) is 11.9 Å². The van der Waals surface area contributed by atoms with Crippen LogP contribution in [0, 0.1) is 5.41 Å². The Labute approximate surface area is 62.5 Å². The fourth-order valence-corrected chi connectivity index (χ4v) is 0.614. The van der Waals surface area contributed by atoms with Crippen molar-refractivity contribution >= 4 is 5.84 Å². The zero-order valence-corrected chi connectivity index (χ0v) is 6.98. The molecule has 0 aliphatic rings. The molecule has 0 saturated heterocycles. The average molecular weight is 144 g/mol. The lowest BCUT2D eigenvalue weighted by atomic mass is 10.4. The Bertz CT molecular complexity index is 104. The molecular weight excluding hydrogens is 128 g/mol. The summed E-state index contributed by atoms with van der Waals surface area (Å²) in [5.74, 6) is 0.608. The molecule has 0 fully saturated rings. The van der Waals surface area contributed by atoms with Crippen LogP contribution in [0.5, 0.6) is 0 Å². The highest BCUT2D eigenvalue weighted by molar-refractivity contribution is 5.75. The molecule has 0 atom stereocenters. The third-order valence-electron chi connectivity index (χ3n) is 1.41. The van der Waals surface area contributed by atoms with Crippen LogP contribution in [0.15, 0.2) is 0 Å². The number of ether oxygens (including phenoxy) is 1. The number of nitrogens with zero attached hydrogens (tertiary/aromatic N) is 1. The van der Waals surface area contributed by atoms with Gasteiger partial charge in [-0.1, -0.05) is 0 Å². The van der Waals surface area contributed by atoms with Crippen molar-refractivity contribution in [3.05, 3.63) is 0 Å². The fourth-order valence-electron chi connectivity index (χ4n) is 0.614. The number of amidine groups is 1. The van der Waals surface area contributed by atoms with E-state index in [9.17, 15) is 0 Å². The quantitative estimate of drug-likeness (QED) is 0.362. The summed E-state index contributed by atoms with van der Waals surface area (Å²) in [7, 11) is 3.61. The maximum absolute atomic E-state index is 7.22. The van der Waals surface area contributed by atoms with Gasteiger partial charge in [0.05, 0.1) is 5.84 Å². The molecule has 1 N–H and O–H groups in total. The van der Waals surface area contributed by atoms with Crippen molar-refractivity contribution in [1.29, 1.82) is 5.41 Å². The fraction of sp³-hybridized carbons (Fsp3) is 0.857. The van der Waals surface area contributed by atoms with Crippen LogP contribution in [0.25, 0.3) is 0 Å². The van der Waals surface area contributed by atoms with Crippen molar-refractivity contribution < 1.29 is 4.74 Å². The van der Waals surface area contributed by atoms with Crippen molar-refractivity contribution in [3.8, 4) is 0 Å². The number of methoxy groups -OCH3 is 1. The Balaban J connectivity index is 3.21. The largest absolute Gasteiger partial charge is 0.385 e. The first-order valence-electron chi connectivity index (χ1n) is 3.43. The van der Waals surface area contributed by atoms with E-state index in [-0.39, 0.29) is 0 Å². The Morgan fingerprint density at radius 3 is 2.60 bits per heavy atom. The standard InChI is InChI=1S/C7H16N2O/c1-7(8)9(2)5-4-6-10-3/h8H,4-6H2,1-3H3. The van der Waals surface area contributed by atoms with Crippen LogP contribution in [0.4, 0.5) is 0 Å². The van der Waals surface area contributed by atoms with Gasteiger partial charge in [-0.2, -0.15) is 0 Å². The Morgan fingerprint density at radius 1 is 1.60 bits per heavy atom. The van der Waals surface area contributed by atoms with Crippen LogP contribution >= 0.6 is 0 Å². The highest BCUT2D eigenvalue weighted by Crippen LogP contribution is 1.87. The number of hydrogen-bond donors (Lipinski definition) is 1. The van der Waals surface area contributed by atoms with Crippen LogP contribution in [0.3, 0.4) is 0 Å². The summed E-state index contributed by atoms with van der Waals surface area (Å²) in [6.45, 7) is 3.47. The van der Waals surface area contributed by atoms with Gasteiger partial charge in [0, 0.05) is 27.3 Å². The van der Waals surface area contributed by atoms with Crippen LogP contribution in [-0.2, 0) is 4.74 Å². The molecular formula is C7H16N2O. The molecule has 60 valence electrons. The van der Waals surface area contributed by atoms with Crippen molar-refractivity contribution in [2.24, 2.45) is 0 Å². The van der Waals surface area contributed by atoms with Gasteiger partial charge in [0.25, 0.3) is 0 Å². The number of nitrogens with one attached hydrogen (secondary N) is 1. The van der Waals surface area contributed by atoms with E-state index in [1.165, 1.54) is 0 Å². The molecule has 0 spiro atoms. The summed E-state index contributed by atoms with van der Waals surface area (Å²) in [5.41, 5.74) is 0. The van der Waals surface area contributed by atoms with Crippen molar-refractivity contribution in [1.82, 2.24) is 4.90 Å². The second-order valence-corrected chi connectivity index (χ2v) is 2.35. The van der Waals surface area contributed by atoms with Gasteiger partial charge in [-0.25, -0.2) is 0 Å². The van der Waals surface area contributed by atoms with Gasteiger partial charge in [0.15, 0.2) is 0 Å². The lowest BCUT2D eigenvalue weighted by Gasteiger charge is -2.16. The van der Waals surface area contributed by atoms with Gasteiger partial charge >= 0.3 is 0 Å². The Kier molecular flexibility index (Phi) is 4.94. The van der Waals surface area contributed by atoms with E-state index in [2.05, 4.69) is 0 Å². The maximum atomic E-state index is 7.22. The molecule has 0 saturated carbocycles. The van der Waals surface area contributed by atoms with Crippen LogP contribution in [-0.4, -0.2) is 38.0 Å². The first-order chi connectivity index (χ1) is 4.68. The molecule has 10 heavy (non-hydrogen) atoms. The van der Waals surface area contributed by atoms with E-state index < -0.39 is 0 Å². The van der Waals surface area contributed by atoms with E-state index >= 15 is 0 Å². The van der Waals surface area contributed by atoms with Crippen molar-refractivity contribution in [2.75, 3.05) is 27.3 Å². The second-order valence-electron chi connectivity index (χ2n) is 2.35. The second kappa shape index (κ2) is 5.23. The predicted octanol–water partition coefficient (Wildman–Crippen LogP) is 0.952. The molecule has 0 rings (SSSR count). The Morgan fingerprint density at radius 2 is 2.20 bits per heavy atom. The average Bonchev–Trinajstić information content (AvgIpc) is 1.88. The minimum absolute atomic E-state index is 0.608. The summed E-state index contributed by atoms with van der Waals surface area (Å²) in [6, 6.07) is 0. The minimum atomic E-state index is 0.608. The van der Waals surface area contributed by atoms with E-state index in [0.717, 1.165) is 19.6 Å². The maximum Gasteiger partial charge on any atom is 0.0923 e. The van der Waals surface area contributed by atoms with E-state index in [4.69, 9.17) is 10.1 Å². The summed E-state index contributed by atoms with van der Waals surface area (Å²) in [4.78, 5) is 1.90. The highest BCUT2D eigenvalue weighted by Gasteiger charge is 1.95. The molecule has 0 aliphatic carbocycles. The van der Waals surface area contributed by atoms with Crippen LogP contribution < -0.4 is 0 Å². The van der Waals surface area contributed by atoms with Gasteiger partial charge in [-0.3, -0.25) is 5.41 Å². The summed E-state index contributed by atoms with van der Waals surface area (Å²) in [5, 5.41) is 7.22. The van der Waals surface area contributed by atoms with E-state index in [0.29, 0.717) is 5.84 Å². The lowest BCUT2D eigenvalue weighted by molar-refractivity contribution is 0.188. The number of rotatable bonds is 4. The first kappa shape index (κ1) is 9.43. The highest BCUT2D eigenvalue weighted by atomic mass is 16.5. The molecule has 0 heterocycles. The van der Waals surface area contributed by atoms with Crippen molar-refractivity contribution in [2.45, 2.75) is 13.3 Å². The van der Waals surface area contributed by atoms with Gasteiger partial charge in [0.1, 0.15) is 0 Å². The van der Waals surface area contributed by atoms with Crippen molar-refractivity contribution in [3.63, 3.8) is 0 Å². The third kappa shape index (κ3) is 4.32. The predicted molar refractivity (Wildman–Crippen MR) is 42.5 cm³/mol. The van der Waals surface area contributed by atoms with Crippen LogP contribution in [0.1, 0.15) is 13.3 Å². The van der Waals surface area contributed by atoms with Gasteiger partial charge in [-0.15, -0.1) is 0 Å². The van der Waals surface area contributed by atoms with E-state index in [1.54, 1.807) is 14.0 Å².